The summed E-state index contributed by atoms with van der Waals surface area (Å²) >= 11 is 0. The molecule has 1 saturated heterocycles. The molecule has 1 fully saturated rings. The Balaban J connectivity index is 1.99. The zero-order valence-electron chi connectivity index (χ0n) is 8.66. The molecule has 0 spiro atoms. The first-order chi connectivity index (χ1) is 6.75. The van der Waals surface area contributed by atoms with Crippen molar-refractivity contribution < 1.29 is 9.53 Å². The quantitative estimate of drug-likeness (QED) is 0.507. The fourth-order valence-corrected chi connectivity index (χ4v) is 1.49. The number of nitrogens with one attached hydrogen (secondary N) is 1. The Morgan fingerprint density at radius 3 is 2.93 bits per heavy atom. The molecule has 1 heterocycles. The van der Waals surface area contributed by atoms with Gasteiger partial charge in [0, 0.05) is 19.6 Å². The second-order valence-corrected chi connectivity index (χ2v) is 3.46. The van der Waals surface area contributed by atoms with Gasteiger partial charge >= 0.3 is 0 Å². The number of nitrogens with zero attached hydrogens (tertiary/aromatic N) is 1. The third kappa shape index (κ3) is 3.25. The van der Waals surface area contributed by atoms with E-state index >= 15 is 0 Å². The summed E-state index contributed by atoms with van der Waals surface area (Å²) in [5, 5.41) is 3.00. The van der Waals surface area contributed by atoms with Crippen LogP contribution in [0.2, 0.25) is 0 Å². The lowest BCUT2D eigenvalue weighted by molar-refractivity contribution is -0.127. The number of carbonyl (C=O) groups excluding carboxylic acids is 1. The lowest BCUT2D eigenvalue weighted by Crippen LogP contribution is -2.55. The number of rotatable bonds is 7. The van der Waals surface area contributed by atoms with E-state index in [4.69, 9.17) is 10.5 Å². The zero-order valence-corrected chi connectivity index (χ0v) is 8.66. The molecule has 0 bridgehead atoms. The van der Waals surface area contributed by atoms with Crippen molar-refractivity contribution in [2.24, 2.45) is 5.73 Å². The van der Waals surface area contributed by atoms with Crippen LogP contribution in [0.1, 0.15) is 6.42 Å². The average Bonchev–Trinajstić information content (AvgIpc) is 2.08. The van der Waals surface area contributed by atoms with E-state index < -0.39 is 0 Å². The van der Waals surface area contributed by atoms with Crippen LogP contribution in [-0.4, -0.2) is 56.7 Å². The standard InChI is InChI=1S/C9H19N3O2/c1-11-3-6-14-7-5-12-4-2-8(12)9(10)13/h8,11H,2-7H2,1H3,(H2,10,13). The Labute approximate surface area is 84.6 Å². The zero-order chi connectivity index (χ0) is 10.4. The van der Waals surface area contributed by atoms with Crippen LogP contribution >= 0.6 is 0 Å². The van der Waals surface area contributed by atoms with Crippen LogP contribution in [0.25, 0.3) is 0 Å². The maximum absolute atomic E-state index is 10.9. The number of amides is 1. The first-order valence-electron chi connectivity index (χ1n) is 5.01. The summed E-state index contributed by atoms with van der Waals surface area (Å²) in [6.07, 6.45) is 0.895. The van der Waals surface area contributed by atoms with Crippen molar-refractivity contribution in [3.8, 4) is 0 Å². The molecule has 1 aliphatic rings. The number of nitrogens with two attached hydrogens (primary N) is 1. The van der Waals surface area contributed by atoms with Gasteiger partial charge in [-0.15, -0.1) is 0 Å². The lowest BCUT2D eigenvalue weighted by Gasteiger charge is -2.38. The SMILES string of the molecule is CNCCOCCN1CCC1C(N)=O. The van der Waals surface area contributed by atoms with Crippen molar-refractivity contribution >= 4 is 5.91 Å². The van der Waals surface area contributed by atoms with Crippen molar-refractivity contribution in [2.45, 2.75) is 12.5 Å². The number of hydrogen-bond acceptors (Lipinski definition) is 4. The van der Waals surface area contributed by atoms with Gasteiger partial charge in [-0.3, -0.25) is 9.69 Å². The third-order valence-electron chi connectivity index (χ3n) is 2.48. The molecule has 1 atom stereocenters. The molecule has 0 radical (unpaired) electrons. The minimum Gasteiger partial charge on any atom is -0.379 e. The molecule has 82 valence electrons. The van der Waals surface area contributed by atoms with E-state index in [9.17, 15) is 4.79 Å². The van der Waals surface area contributed by atoms with Gasteiger partial charge in [-0.25, -0.2) is 0 Å². The average molecular weight is 201 g/mol. The molecular weight excluding hydrogens is 182 g/mol. The normalized spacial score (nSPS) is 21.9. The van der Waals surface area contributed by atoms with Gasteiger partial charge in [-0.2, -0.15) is 0 Å². The second-order valence-electron chi connectivity index (χ2n) is 3.46. The predicted molar refractivity (Wildman–Crippen MR) is 53.9 cm³/mol. The van der Waals surface area contributed by atoms with Crippen LogP contribution in [0.4, 0.5) is 0 Å². The highest BCUT2D eigenvalue weighted by atomic mass is 16.5. The highest BCUT2D eigenvalue weighted by molar-refractivity contribution is 5.80. The summed E-state index contributed by atoms with van der Waals surface area (Å²) < 4.78 is 5.35. The van der Waals surface area contributed by atoms with Crippen molar-refractivity contribution in [1.29, 1.82) is 0 Å². The molecule has 0 aromatic heterocycles. The van der Waals surface area contributed by atoms with Gasteiger partial charge in [0.05, 0.1) is 19.3 Å². The Hall–Kier alpha value is -0.650. The van der Waals surface area contributed by atoms with E-state index in [2.05, 4.69) is 10.2 Å². The molecule has 5 heteroatoms. The number of primary amides is 1. The molecule has 0 aromatic carbocycles. The lowest BCUT2D eigenvalue weighted by atomic mass is 10.0. The minimum atomic E-state index is -0.216. The summed E-state index contributed by atoms with van der Waals surface area (Å²) in [5.74, 6) is -0.216. The summed E-state index contributed by atoms with van der Waals surface area (Å²) in [6, 6.07) is -0.0529. The summed E-state index contributed by atoms with van der Waals surface area (Å²) in [7, 11) is 1.89. The van der Waals surface area contributed by atoms with Gasteiger partial charge in [0.1, 0.15) is 0 Å². The molecule has 1 unspecified atom stereocenters. The van der Waals surface area contributed by atoms with Gasteiger partial charge < -0.3 is 15.8 Å². The first-order valence-corrected chi connectivity index (χ1v) is 5.01. The summed E-state index contributed by atoms with van der Waals surface area (Å²) in [4.78, 5) is 12.9. The van der Waals surface area contributed by atoms with Crippen LogP contribution in [0.3, 0.4) is 0 Å². The van der Waals surface area contributed by atoms with Crippen LogP contribution in [0.5, 0.6) is 0 Å². The maximum atomic E-state index is 10.9. The van der Waals surface area contributed by atoms with E-state index in [0.29, 0.717) is 13.2 Å². The van der Waals surface area contributed by atoms with Gasteiger partial charge in [-0.1, -0.05) is 0 Å². The van der Waals surface area contributed by atoms with Crippen LogP contribution in [0.15, 0.2) is 0 Å². The molecule has 3 N–H and O–H groups in total. The number of carbonyl (C=O) groups is 1. The molecule has 1 amide bonds. The smallest absolute Gasteiger partial charge is 0.234 e. The molecule has 0 saturated carbocycles. The highest BCUT2D eigenvalue weighted by Crippen LogP contribution is 2.15. The molecule has 5 nitrogen and oxygen atoms in total. The monoisotopic (exact) mass is 201 g/mol. The molecule has 14 heavy (non-hydrogen) atoms. The maximum Gasteiger partial charge on any atom is 0.234 e. The van der Waals surface area contributed by atoms with Crippen molar-refractivity contribution in [3.63, 3.8) is 0 Å². The molecule has 0 aromatic rings. The van der Waals surface area contributed by atoms with Crippen molar-refractivity contribution in [2.75, 3.05) is 39.9 Å². The first kappa shape index (κ1) is 11.4. The van der Waals surface area contributed by atoms with Crippen molar-refractivity contribution in [1.82, 2.24) is 10.2 Å². The Morgan fingerprint density at radius 2 is 2.43 bits per heavy atom. The van der Waals surface area contributed by atoms with Crippen LogP contribution in [-0.2, 0) is 9.53 Å². The summed E-state index contributed by atoms with van der Waals surface area (Å²) in [6.45, 7) is 4.01. The van der Waals surface area contributed by atoms with Crippen LogP contribution in [0, 0.1) is 0 Å². The molecular formula is C9H19N3O2. The second kappa shape index (κ2) is 5.95. The fourth-order valence-electron chi connectivity index (χ4n) is 1.49. The van der Waals surface area contributed by atoms with Crippen LogP contribution < -0.4 is 11.1 Å². The van der Waals surface area contributed by atoms with E-state index in [1.165, 1.54) is 0 Å². The fraction of sp³-hybridized carbons (Fsp3) is 0.889. The number of ether oxygens (including phenoxy) is 1. The van der Waals surface area contributed by atoms with E-state index in [0.717, 1.165) is 26.1 Å². The number of likely N-dealkylation sites (N-methyl/N-ethyl adjacent to an activating group) is 1. The van der Waals surface area contributed by atoms with E-state index in [-0.39, 0.29) is 11.9 Å². The minimum absolute atomic E-state index is 0.0529. The Kier molecular flexibility index (Phi) is 4.86. The van der Waals surface area contributed by atoms with Gasteiger partial charge in [0.2, 0.25) is 5.91 Å². The Morgan fingerprint density at radius 1 is 1.64 bits per heavy atom. The number of likely N-dealkylation sites (tertiary alicyclic amines) is 1. The third-order valence-corrected chi connectivity index (χ3v) is 2.48. The molecule has 0 aliphatic carbocycles. The summed E-state index contributed by atoms with van der Waals surface area (Å²) in [5.41, 5.74) is 5.21. The predicted octanol–water partition coefficient (Wildman–Crippen LogP) is -1.22. The van der Waals surface area contributed by atoms with Crippen molar-refractivity contribution in [3.05, 3.63) is 0 Å². The van der Waals surface area contributed by atoms with Gasteiger partial charge in [0.15, 0.2) is 0 Å². The number of hydrogen-bond donors (Lipinski definition) is 2. The van der Waals surface area contributed by atoms with E-state index in [1.807, 2.05) is 7.05 Å². The Bertz CT molecular complexity index is 187. The van der Waals surface area contributed by atoms with Gasteiger partial charge in [-0.05, 0) is 13.5 Å². The topological polar surface area (TPSA) is 67.6 Å². The van der Waals surface area contributed by atoms with E-state index in [1.54, 1.807) is 0 Å². The largest absolute Gasteiger partial charge is 0.379 e. The van der Waals surface area contributed by atoms with Gasteiger partial charge in [0.25, 0.3) is 0 Å². The molecule has 1 rings (SSSR count). The molecule has 1 aliphatic heterocycles. The highest BCUT2D eigenvalue weighted by Gasteiger charge is 2.31.